The van der Waals surface area contributed by atoms with Crippen LogP contribution in [0.1, 0.15) is 31.7 Å². The van der Waals surface area contributed by atoms with Gasteiger partial charge in [-0.2, -0.15) is 0 Å². The van der Waals surface area contributed by atoms with Gasteiger partial charge in [0.15, 0.2) is 0 Å². The Morgan fingerprint density at radius 3 is 2.60 bits per heavy atom. The molecule has 0 saturated carbocycles. The molecular formula is C15H23N3O2. The Hall–Kier alpha value is -1.91. The molecule has 0 aliphatic rings. The molecule has 0 unspecified atom stereocenters. The molecule has 0 fully saturated rings. The Kier molecular flexibility index (Phi) is 7.32. The molecule has 5 nitrogen and oxygen atoms in total. The third-order valence-corrected chi connectivity index (χ3v) is 3.09. The quantitative estimate of drug-likeness (QED) is 0.605. The SMILES string of the molecule is CCCCCNC(=O)C(=O)N(C)CCc1ccncc1. The zero-order valence-corrected chi connectivity index (χ0v) is 12.3. The fourth-order valence-corrected chi connectivity index (χ4v) is 1.77. The van der Waals surface area contributed by atoms with Crippen LogP contribution >= 0.6 is 0 Å². The summed E-state index contributed by atoms with van der Waals surface area (Å²) in [5, 5.41) is 2.66. The standard InChI is InChI=1S/C15H23N3O2/c1-3-4-5-9-17-14(19)15(20)18(2)12-8-13-6-10-16-11-7-13/h6-7,10-11H,3-5,8-9,12H2,1-2H3,(H,17,19). The Morgan fingerprint density at radius 1 is 1.25 bits per heavy atom. The van der Waals surface area contributed by atoms with Gasteiger partial charge in [0.1, 0.15) is 0 Å². The monoisotopic (exact) mass is 277 g/mol. The van der Waals surface area contributed by atoms with Crippen molar-refractivity contribution in [1.29, 1.82) is 0 Å². The van der Waals surface area contributed by atoms with Gasteiger partial charge in [0.25, 0.3) is 0 Å². The van der Waals surface area contributed by atoms with Gasteiger partial charge in [0.05, 0.1) is 0 Å². The van der Waals surface area contributed by atoms with Gasteiger partial charge in [0.2, 0.25) is 0 Å². The van der Waals surface area contributed by atoms with Gasteiger partial charge in [-0.05, 0) is 30.5 Å². The number of hydrogen-bond acceptors (Lipinski definition) is 3. The minimum absolute atomic E-state index is 0.476. The molecule has 0 spiro atoms. The lowest BCUT2D eigenvalue weighted by atomic mass is 10.2. The van der Waals surface area contributed by atoms with Crippen molar-refractivity contribution in [1.82, 2.24) is 15.2 Å². The number of amides is 2. The maximum absolute atomic E-state index is 11.8. The van der Waals surface area contributed by atoms with E-state index in [2.05, 4.69) is 17.2 Å². The molecule has 0 aromatic carbocycles. The molecule has 0 aliphatic heterocycles. The maximum atomic E-state index is 11.8. The number of nitrogens with one attached hydrogen (secondary N) is 1. The number of likely N-dealkylation sites (N-methyl/N-ethyl adjacent to an activating group) is 1. The summed E-state index contributed by atoms with van der Waals surface area (Å²) >= 11 is 0. The molecule has 1 heterocycles. The van der Waals surface area contributed by atoms with E-state index in [-0.39, 0.29) is 0 Å². The Bertz CT molecular complexity index is 420. The van der Waals surface area contributed by atoms with Crippen LogP contribution in [0, 0.1) is 0 Å². The Morgan fingerprint density at radius 2 is 1.95 bits per heavy atom. The molecule has 20 heavy (non-hydrogen) atoms. The molecule has 2 amide bonds. The van der Waals surface area contributed by atoms with Crippen molar-refractivity contribution in [3.8, 4) is 0 Å². The van der Waals surface area contributed by atoms with Crippen LogP contribution in [0.4, 0.5) is 0 Å². The van der Waals surface area contributed by atoms with Crippen LogP contribution in [0.15, 0.2) is 24.5 Å². The summed E-state index contributed by atoms with van der Waals surface area (Å²) < 4.78 is 0. The highest BCUT2D eigenvalue weighted by Gasteiger charge is 2.17. The summed E-state index contributed by atoms with van der Waals surface area (Å²) in [7, 11) is 1.65. The lowest BCUT2D eigenvalue weighted by Gasteiger charge is -2.16. The van der Waals surface area contributed by atoms with Crippen molar-refractivity contribution >= 4 is 11.8 Å². The van der Waals surface area contributed by atoms with Crippen molar-refractivity contribution in [3.05, 3.63) is 30.1 Å². The highest BCUT2D eigenvalue weighted by molar-refractivity contribution is 6.34. The highest BCUT2D eigenvalue weighted by atomic mass is 16.2. The van der Waals surface area contributed by atoms with Crippen LogP contribution in [-0.2, 0) is 16.0 Å². The summed E-state index contributed by atoms with van der Waals surface area (Å²) in [4.78, 5) is 28.9. The molecule has 110 valence electrons. The predicted molar refractivity (Wildman–Crippen MR) is 78.1 cm³/mol. The average Bonchev–Trinajstić information content (AvgIpc) is 2.49. The largest absolute Gasteiger partial charge is 0.348 e. The fourth-order valence-electron chi connectivity index (χ4n) is 1.77. The number of carbonyl (C=O) groups excluding carboxylic acids is 2. The number of unbranched alkanes of at least 4 members (excludes halogenated alkanes) is 2. The van der Waals surface area contributed by atoms with Gasteiger partial charge >= 0.3 is 11.8 Å². The molecule has 0 atom stereocenters. The van der Waals surface area contributed by atoms with Crippen LogP contribution in [0.5, 0.6) is 0 Å². The minimum atomic E-state index is -0.515. The lowest BCUT2D eigenvalue weighted by Crippen LogP contribution is -2.42. The number of carbonyl (C=O) groups is 2. The predicted octanol–water partition coefficient (Wildman–Crippen LogP) is 1.39. The van der Waals surface area contributed by atoms with Crippen LogP contribution in [0.2, 0.25) is 0 Å². The third kappa shape index (κ3) is 5.82. The second-order valence-electron chi connectivity index (χ2n) is 4.80. The molecule has 1 aromatic heterocycles. The molecule has 1 rings (SSSR count). The van der Waals surface area contributed by atoms with Gasteiger partial charge in [-0.25, -0.2) is 0 Å². The summed E-state index contributed by atoms with van der Waals surface area (Å²) in [6.45, 7) is 3.18. The molecule has 0 radical (unpaired) electrons. The van der Waals surface area contributed by atoms with Crippen LogP contribution < -0.4 is 5.32 Å². The summed E-state index contributed by atoms with van der Waals surface area (Å²) in [5.74, 6) is -0.992. The van der Waals surface area contributed by atoms with Crippen molar-refractivity contribution < 1.29 is 9.59 Å². The van der Waals surface area contributed by atoms with Gasteiger partial charge in [-0.1, -0.05) is 19.8 Å². The van der Waals surface area contributed by atoms with Crippen molar-refractivity contribution in [2.75, 3.05) is 20.1 Å². The summed E-state index contributed by atoms with van der Waals surface area (Å²) in [6.07, 6.45) is 7.22. The van der Waals surface area contributed by atoms with E-state index < -0.39 is 11.8 Å². The Balaban J connectivity index is 2.29. The molecule has 1 N–H and O–H groups in total. The van der Waals surface area contributed by atoms with E-state index in [0.717, 1.165) is 24.8 Å². The number of rotatable bonds is 7. The molecule has 5 heteroatoms. The summed E-state index contributed by atoms with van der Waals surface area (Å²) in [6, 6.07) is 3.81. The number of pyridine rings is 1. The normalized spacial score (nSPS) is 10.1. The first-order valence-corrected chi connectivity index (χ1v) is 7.07. The highest BCUT2D eigenvalue weighted by Crippen LogP contribution is 1.99. The van der Waals surface area contributed by atoms with Crippen molar-refractivity contribution in [2.45, 2.75) is 32.6 Å². The van der Waals surface area contributed by atoms with E-state index in [4.69, 9.17) is 0 Å². The first kappa shape index (κ1) is 16.1. The number of aromatic nitrogens is 1. The third-order valence-electron chi connectivity index (χ3n) is 3.09. The second-order valence-corrected chi connectivity index (χ2v) is 4.80. The fraction of sp³-hybridized carbons (Fsp3) is 0.533. The topological polar surface area (TPSA) is 62.3 Å². The number of hydrogen-bond donors (Lipinski definition) is 1. The second kappa shape index (κ2) is 9.07. The summed E-state index contributed by atoms with van der Waals surface area (Å²) in [5.41, 5.74) is 1.10. The molecular weight excluding hydrogens is 254 g/mol. The van der Waals surface area contributed by atoms with Gasteiger partial charge < -0.3 is 10.2 Å². The van der Waals surface area contributed by atoms with Gasteiger partial charge in [-0.3, -0.25) is 14.6 Å². The number of nitrogens with zero attached hydrogens (tertiary/aromatic N) is 2. The van der Waals surface area contributed by atoms with Crippen LogP contribution in [0.3, 0.4) is 0 Å². The first-order chi connectivity index (χ1) is 9.65. The van der Waals surface area contributed by atoms with E-state index >= 15 is 0 Å². The molecule has 0 bridgehead atoms. The van der Waals surface area contributed by atoms with Crippen LogP contribution in [-0.4, -0.2) is 41.8 Å². The average molecular weight is 277 g/mol. The zero-order chi connectivity index (χ0) is 14.8. The van der Waals surface area contributed by atoms with E-state index in [9.17, 15) is 9.59 Å². The maximum Gasteiger partial charge on any atom is 0.311 e. The minimum Gasteiger partial charge on any atom is -0.348 e. The van der Waals surface area contributed by atoms with E-state index in [1.165, 1.54) is 4.90 Å². The lowest BCUT2D eigenvalue weighted by molar-refractivity contribution is -0.144. The zero-order valence-electron chi connectivity index (χ0n) is 12.3. The van der Waals surface area contributed by atoms with E-state index in [1.54, 1.807) is 19.4 Å². The molecule has 1 aromatic rings. The van der Waals surface area contributed by atoms with E-state index in [1.807, 2.05) is 12.1 Å². The van der Waals surface area contributed by atoms with Gasteiger partial charge in [0, 0.05) is 32.5 Å². The van der Waals surface area contributed by atoms with Crippen molar-refractivity contribution in [3.63, 3.8) is 0 Å². The molecule has 0 aliphatic carbocycles. The molecule has 0 saturated heterocycles. The van der Waals surface area contributed by atoms with E-state index in [0.29, 0.717) is 19.5 Å². The smallest absolute Gasteiger partial charge is 0.311 e. The van der Waals surface area contributed by atoms with Gasteiger partial charge in [-0.15, -0.1) is 0 Å². The Labute approximate surface area is 120 Å². The van der Waals surface area contributed by atoms with Crippen LogP contribution in [0.25, 0.3) is 0 Å². The first-order valence-electron chi connectivity index (χ1n) is 7.07. The van der Waals surface area contributed by atoms with Crippen molar-refractivity contribution in [2.24, 2.45) is 0 Å².